The van der Waals surface area contributed by atoms with Crippen LogP contribution in [0, 0.1) is 6.92 Å². The molecule has 0 N–H and O–H groups in total. The van der Waals surface area contributed by atoms with Gasteiger partial charge in [0.2, 0.25) is 11.9 Å². The number of carbonyl (C=O) groups excluding carboxylic acids is 1. The normalized spacial score (nSPS) is 18.2. The highest BCUT2D eigenvalue weighted by molar-refractivity contribution is 7.99. The van der Waals surface area contributed by atoms with E-state index in [9.17, 15) is 4.79 Å². The van der Waals surface area contributed by atoms with Gasteiger partial charge in [-0.05, 0) is 61.7 Å². The summed E-state index contributed by atoms with van der Waals surface area (Å²) in [7, 11) is 0. The fraction of sp³-hybridized carbons (Fsp3) is 0.458. The quantitative estimate of drug-likeness (QED) is 0.484. The lowest BCUT2D eigenvalue weighted by atomic mass is 9.98. The van der Waals surface area contributed by atoms with Crippen LogP contribution in [0.1, 0.15) is 48.2 Å². The zero-order chi connectivity index (χ0) is 22.1. The highest BCUT2D eigenvalue weighted by atomic mass is 32.2. The Morgan fingerprint density at radius 3 is 2.66 bits per heavy atom. The molecule has 0 radical (unpaired) electrons. The second kappa shape index (κ2) is 9.27. The number of nitrogens with zero attached hydrogens (tertiary/aromatic N) is 5. The number of anilines is 1. The summed E-state index contributed by atoms with van der Waals surface area (Å²) in [6.07, 6.45) is 4.26. The third-order valence-corrected chi connectivity index (χ3v) is 8.33. The molecule has 4 heterocycles. The van der Waals surface area contributed by atoms with E-state index in [0.29, 0.717) is 5.75 Å². The zero-order valence-electron chi connectivity index (χ0n) is 18.7. The Morgan fingerprint density at radius 1 is 1.12 bits per heavy atom. The average Bonchev–Trinajstić information content (AvgIpc) is 3.57. The van der Waals surface area contributed by atoms with E-state index in [4.69, 9.17) is 0 Å². The largest absolute Gasteiger partial charge is 0.341 e. The van der Waals surface area contributed by atoms with Crippen LogP contribution in [-0.2, 0) is 11.2 Å². The van der Waals surface area contributed by atoms with Crippen LogP contribution >= 0.6 is 23.1 Å². The van der Waals surface area contributed by atoms with Crippen LogP contribution in [0.15, 0.2) is 40.9 Å². The van der Waals surface area contributed by atoms with Crippen LogP contribution in [0.5, 0.6) is 0 Å². The number of aromatic nitrogens is 3. The lowest BCUT2D eigenvalue weighted by molar-refractivity contribution is -0.131. The molecule has 32 heavy (non-hydrogen) atoms. The van der Waals surface area contributed by atoms with Gasteiger partial charge in [-0.3, -0.25) is 9.36 Å². The second-order valence-electron chi connectivity index (χ2n) is 8.50. The number of rotatable bonds is 6. The Hall–Kier alpha value is -2.32. The number of benzene rings is 1. The minimum absolute atomic E-state index is 0.180. The molecule has 1 unspecified atom stereocenters. The van der Waals surface area contributed by atoms with E-state index in [0.717, 1.165) is 49.3 Å². The van der Waals surface area contributed by atoms with Crippen LogP contribution in [-0.4, -0.2) is 51.0 Å². The number of thiophene rings is 1. The van der Waals surface area contributed by atoms with Gasteiger partial charge in [-0.1, -0.05) is 36.4 Å². The highest BCUT2D eigenvalue weighted by Gasteiger charge is 2.31. The third-order valence-electron chi connectivity index (χ3n) is 6.42. The maximum Gasteiger partial charge on any atom is 0.233 e. The van der Waals surface area contributed by atoms with Crippen molar-refractivity contribution in [3.05, 3.63) is 51.7 Å². The number of amides is 1. The van der Waals surface area contributed by atoms with Crippen LogP contribution in [0.2, 0.25) is 0 Å². The number of fused-ring (bicyclic) bond motifs is 1. The molecule has 0 spiro atoms. The van der Waals surface area contributed by atoms with Crippen molar-refractivity contribution in [2.45, 2.75) is 50.7 Å². The van der Waals surface area contributed by atoms with Gasteiger partial charge in [0.15, 0.2) is 5.16 Å². The van der Waals surface area contributed by atoms with Crippen LogP contribution in [0.4, 0.5) is 5.95 Å². The molecule has 0 bridgehead atoms. The van der Waals surface area contributed by atoms with Gasteiger partial charge >= 0.3 is 0 Å². The highest BCUT2D eigenvalue weighted by Crippen LogP contribution is 2.36. The molecule has 0 saturated carbocycles. The topological polar surface area (TPSA) is 54.3 Å². The van der Waals surface area contributed by atoms with Gasteiger partial charge in [0.1, 0.15) is 0 Å². The molecule has 2 aromatic heterocycles. The number of hydrogen-bond donors (Lipinski definition) is 0. The molecular weight excluding hydrogens is 438 g/mol. The van der Waals surface area contributed by atoms with Crippen molar-refractivity contribution < 1.29 is 4.79 Å². The summed E-state index contributed by atoms with van der Waals surface area (Å²) in [6, 6.07) is 10.8. The molecule has 1 saturated heterocycles. The Bertz CT molecular complexity index is 1080. The van der Waals surface area contributed by atoms with E-state index < -0.39 is 0 Å². The number of thioether (sulfide) groups is 1. The molecule has 2 aliphatic heterocycles. The lowest BCUT2D eigenvalue weighted by Gasteiger charge is -2.35. The minimum Gasteiger partial charge on any atom is -0.341 e. The van der Waals surface area contributed by atoms with Crippen molar-refractivity contribution in [2.75, 3.05) is 30.3 Å². The molecule has 6 nitrogen and oxygen atoms in total. The first-order chi connectivity index (χ1) is 15.7. The van der Waals surface area contributed by atoms with Gasteiger partial charge < -0.3 is 9.80 Å². The fourth-order valence-electron chi connectivity index (χ4n) is 4.74. The fourth-order valence-corrected chi connectivity index (χ4v) is 6.50. The molecule has 168 valence electrons. The SMILES string of the molecule is CCC1c2ccsc2CCN1C(=O)CSc1nnc(N2CCCC2)n1-c1ccc(C)cc1. The Balaban J connectivity index is 1.37. The van der Waals surface area contributed by atoms with E-state index in [1.54, 1.807) is 0 Å². The predicted octanol–water partition coefficient (Wildman–Crippen LogP) is 4.87. The van der Waals surface area contributed by atoms with E-state index in [1.165, 1.54) is 40.6 Å². The Morgan fingerprint density at radius 2 is 1.91 bits per heavy atom. The first kappa shape index (κ1) is 21.5. The van der Waals surface area contributed by atoms with Crippen LogP contribution in [0.25, 0.3) is 5.69 Å². The monoisotopic (exact) mass is 467 g/mol. The van der Waals surface area contributed by atoms with Gasteiger partial charge in [-0.25, -0.2) is 0 Å². The van der Waals surface area contributed by atoms with E-state index in [-0.39, 0.29) is 11.9 Å². The molecule has 1 amide bonds. The van der Waals surface area contributed by atoms with E-state index in [1.807, 2.05) is 11.3 Å². The number of hydrogen-bond acceptors (Lipinski definition) is 6. The van der Waals surface area contributed by atoms with Crippen LogP contribution < -0.4 is 4.90 Å². The first-order valence-corrected chi connectivity index (χ1v) is 13.3. The zero-order valence-corrected chi connectivity index (χ0v) is 20.3. The molecular formula is C24H29N5OS2. The summed E-state index contributed by atoms with van der Waals surface area (Å²) >= 11 is 3.31. The van der Waals surface area contributed by atoms with Crippen molar-refractivity contribution in [1.82, 2.24) is 19.7 Å². The maximum absolute atomic E-state index is 13.3. The van der Waals surface area contributed by atoms with Gasteiger partial charge in [0, 0.05) is 24.5 Å². The third kappa shape index (κ3) is 4.06. The van der Waals surface area contributed by atoms with Crippen LogP contribution in [0.3, 0.4) is 0 Å². The van der Waals surface area contributed by atoms with Crippen molar-refractivity contribution in [1.29, 1.82) is 0 Å². The molecule has 3 aromatic rings. The molecule has 1 atom stereocenters. The summed E-state index contributed by atoms with van der Waals surface area (Å²) in [4.78, 5) is 19.1. The molecule has 0 aliphatic carbocycles. The molecule has 1 fully saturated rings. The maximum atomic E-state index is 13.3. The Kier molecular flexibility index (Phi) is 6.24. The van der Waals surface area contributed by atoms with Gasteiger partial charge in [-0.15, -0.1) is 21.5 Å². The molecule has 1 aromatic carbocycles. The lowest BCUT2D eigenvalue weighted by Crippen LogP contribution is -2.40. The average molecular weight is 468 g/mol. The minimum atomic E-state index is 0.180. The smallest absolute Gasteiger partial charge is 0.233 e. The molecule has 2 aliphatic rings. The van der Waals surface area contributed by atoms with Crippen molar-refractivity contribution >= 4 is 35.0 Å². The number of aryl methyl sites for hydroxylation is 1. The van der Waals surface area contributed by atoms with E-state index in [2.05, 4.69) is 74.1 Å². The number of carbonyl (C=O) groups is 1. The second-order valence-corrected chi connectivity index (χ2v) is 10.4. The molecule has 8 heteroatoms. The Labute approximate surface area is 197 Å². The standard InChI is InChI=1S/C24H29N5OS2/c1-3-20-19-11-15-31-21(19)10-14-28(20)22(30)16-32-24-26-25-23(27-12-4-5-13-27)29(24)18-8-6-17(2)7-9-18/h6-9,11,15,20H,3-5,10,12-14,16H2,1-2H3. The summed E-state index contributed by atoms with van der Waals surface area (Å²) in [5, 5.41) is 12.0. The molecule has 5 rings (SSSR count). The summed E-state index contributed by atoms with van der Waals surface area (Å²) in [6.45, 7) is 7.06. The predicted molar refractivity (Wildman–Crippen MR) is 131 cm³/mol. The van der Waals surface area contributed by atoms with E-state index >= 15 is 0 Å². The van der Waals surface area contributed by atoms with Gasteiger partial charge in [-0.2, -0.15) is 0 Å². The summed E-state index contributed by atoms with van der Waals surface area (Å²) in [5.74, 6) is 1.44. The first-order valence-electron chi connectivity index (χ1n) is 11.4. The van der Waals surface area contributed by atoms with Gasteiger partial charge in [0.05, 0.1) is 17.5 Å². The summed E-state index contributed by atoms with van der Waals surface area (Å²) in [5.41, 5.74) is 3.60. The van der Waals surface area contributed by atoms with Crippen molar-refractivity contribution in [2.24, 2.45) is 0 Å². The summed E-state index contributed by atoms with van der Waals surface area (Å²) < 4.78 is 2.12. The van der Waals surface area contributed by atoms with Crippen molar-refractivity contribution in [3.63, 3.8) is 0 Å². The van der Waals surface area contributed by atoms with Gasteiger partial charge in [0.25, 0.3) is 0 Å². The van der Waals surface area contributed by atoms with Crippen molar-refractivity contribution in [3.8, 4) is 5.69 Å².